The molecular weight excluding hydrogens is 352 g/mol. The summed E-state index contributed by atoms with van der Waals surface area (Å²) in [6.07, 6.45) is 4.01. The summed E-state index contributed by atoms with van der Waals surface area (Å²) in [5.74, 6) is 1.03. The molecule has 21 heavy (non-hydrogen) atoms. The van der Waals surface area contributed by atoms with Crippen LogP contribution in [0.25, 0.3) is 0 Å². The number of hydrogen-bond acceptors (Lipinski definition) is 2. The number of amides is 1. The Bertz CT molecular complexity index is 448. The Morgan fingerprint density at radius 3 is 2.62 bits per heavy atom. The molecule has 1 aromatic carbocycles. The Balaban J connectivity index is 0.00000220. The Morgan fingerprint density at radius 1 is 1.33 bits per heavy atom. The number of carbonyl (C=O) groups is 1. The number of nitrogens with one attached hydrogen (secondary N) is 1. The molecule has 2 rings (SSSR count). The third-order valence-corrected chi connectivity index (χ3v) is 4.84. The number of piperidine rings is 1. The van der Waals surface area contributed by atoms with Crippen LogP contribution in [0, 0.1) is 5.92 Å². The summed E-state index contributed by atoms with van der Waals surface area (Å²) in [7, 11) is 2.00. The Labute approximate surface area is 142 Å². The van der Waals surface area contributed by atoms with Crippen molar-refractivity contribution in [1.29, 1.82) is 0 Å². The van der Waals surface area contributed by atoms with Crippen LogP contribution in [0.3, 0.4) is 0 Å². The van der Waals surface area contributed by atoms with Gasteiger partial charge in [0.25, 0.3) is 0 Å². The second-order valence-corrected chi connectivity index (χ2v) is 6.34. The minimum Gasteiger partial charge on any atom is -0.342 e. The summed E-state index contributed by atoms with van der Waals surface area (Å²) in [4.78, 5) is 14.4. The first-order chi connectivity index (χ1) is 9.70. The van der Waals surface area contributed by atoms with Gasteiger partial charge in [0.2, 0.25) is 5.91 Å². The van der Waals surface area contributed by atoms with Crippen molar-refractivity contribution < 1.29 is 4.79 Å². The minimum atomic E-state index is 0. The third kappa shape index (κ3) is 5.61. The summed E-state index contributed by atoms with van der Waals surface area (Å²) < 4.78 is 1.03. The van der Waals surface area contributed by atoms with Crippen molar-refractivity contribution in [2.24, 2.45) is 5.92 Å². The van der Waals surface area contributed by atoms with Crippen molar-refractivity contribution in [3.63, 3.8) is 0 Å². The van der Waals surface area contributed by atoms with Crippen molar-refractivity contribution >= 4 is 34.2 Å². The molecule has 0 aliphatic carbocycles. The largest absolute Gasteiger partial charge is 0.342 e. The number of rotatable bonds is 5. The monoisotopic (exact) mass is 374 g/mol. The maximum atomic E-state index is 12.3. The van der Waals surface area contributed by atoms with Gasteiger partial charge < -0.3 is 10.2 Å². The zero-order valence-corrected chi connectivity index (χ0v) is 14.9. The number of likely N-dealkylation sites (tertiary alicyclic amines) is 1. The molecule has 1 heterocycles. The lowest BCUT2D eigenvalue weighted by atomic mass is 9.93. The van der Waals surface area contributed by atoms with Crippen LogP contribution in [0.2, 0.25) is 0 Å². The number of benzene rings is 1. The highest BCUT2D eigenvalue weighted by molar-refractivity contribution is 9.10. The van der Waals surface area contributed by atoms with Crippen molar-refractivity contribution in [3.8, 4) is 0 Å². The molecule has 1 aliphatic heterocycles. The first-order valence-electron chi connectivity index (χ1n) is 7.36. The average Bonchev–Trinajstić information content (AvgIpc) is 2.48. The number of nitrogens with zero attached hydrogens (tertiary/aromatic N) is 1. The van der Waals surface area contributed by atoms with Gasteiger partial charge in [0, 0.05) is 17.6 Å². The molecule has 0 aromatic heterocycles. The highest BCUT2D eigenvalue weighted by atomic mass is 79.9. The van der Waals surface area contributed by atoms with E-state index in [0.717, 1.165) is 48.4 Å². The molecule has 1 aliphatic rings. The zero-order valence-electron chi connectivity index (χ0n) is 12.5. The summed E-state index contributed by atoms with van der Waals surface area (Å²) in [5.41, 5.74) is 1.08. The van der Waals surface area contributed by atoms with Gasteiger partial charge in [-0.25, -0.2) is 0 Å². The van der Waals surface area contributed by atoms with Crippen molar-refractivity contribution in [2.45, 2.75) is 25.7 Å². The van der Waals surface area contributed by atoms with E-state index in [1.165, 1.54) is 6.42 Å². The quantitative estimate of drug-likeness (QED) is 0.856. The fourth-order valence-corrected chi connectivity index (χ4v) is 3.16. The summed E-state index contributed by atoms with van der Waals surface area (Å²) in [6, 6.07) is 7.97. The highest BCUT2D eigenvalue weighted by Gasteiger charge is 2.22. The van der Waals surface area contributed by atoms with Gasteiger partial charge >= 0.3 is 0 Å². The van der Waals surface area contributed by atoms with Gasteiger partial charge in [-0.3, -0.25) is 4.79 Å². The number of hydrogen-bond donors (Lipinski definition) is 1. The van der Waals surface area contributed by atoms with Crippen LogP contribution in [0.15, 0.2) is 28.7 Å². The molecule has 0 radical (unpaired) electrons. The summed E-state index contributed by atoms with van der Waals surface area (Å²) in [5, 5.41) is 3.20. The van der Waals surface area contributed by atoms with Gasteiger partial charge in [-0.05, 0) is 50.4 Å². The Hall–Kier alpha value is -0.580. The van der Waals surface area contributed by atoms with Crippen LogP contribution in [-0.2, 0) is 11.2 Å². The van der Waals surface area contributed by atoms with E-state index in [-0.39, 0.29) is 18.3 Å². The van der Waals surface area contributed by atoms with Crippen LogP contribution in [0.5, 0.6) is 0 Å². The second kappa shape index (κ2) is 9.44. The lowest BCUT2D eigenvalue weighted by Gasteiger charge is -2.32. The lowest BCUT2D eigenvalue weighted by Crippen LogP contribution is -2.39. The molecular formula is C16H24BrClN2O. The van der Waals surface area contributed by atoms with E-state index in [2.05, 4.69) is 21.2 Å². The molecule has 1 amide bonds. The van der Waals surface area contributed by atoms with E-state index in [0.29, 0.717) is 6.42 Å². The van der Waals surface area contributed by atoms with Crippen LogP contribution < -0.4 is 5.32 Å². The van der Waals surface area contributed by atoms with Crippen molar-refractivity contribution in [3.05, 3.63) is 34.3 Å². The molecule has 1 N–H and O–H groups in total. The molecule has 0 unspecified atom stereocenters. The molecule has 1 fully saturated rings. The molecule has 1 saturated heterocycles. The van der Waals surface area contributed by atoms with Crippen molar-refractivity contribution in [1.82, 2.24) is 10.2 Å². The highest BCUT2D eigenvalue weighted by Crippen LogP contribution is 2.22. The fourth-order valence-electron chi connectivity index (χ4n) is 2.74. The molecule has 5 heteroatoms. The van der Waals surface area contributed by atoms with E-state index in [1.54, 1.807) is 0 Å². The van der Waals surface area contributed by atoms with Gasteiger partial charge in [0.15, 0.2) is 0 Å². The molecule has 118 valence electrons. The molecule has 0 spiro atoms. The van der Waals surface area contributed by atoms with Crippen molar-refractivity contribution in [2.75, 3.05) is 26.7 Å². The van der Waals surface area contributed by atoms with Crippen LogP contribution in [-0.4, -0.2) is 37.5 Å². The maximum absolute atomic E-state index is 12.3. The summed E-state index contributed by atoms with van der Waals surface area (Å²) >= 11 is 3.51. The van der Waals surface area contributed by atoms with Gasteiger partial charge in [-0.2, -0.15) is 0 Å². The summed E-state index contributed by atoms with van der Waals surface area (Å²) in [6.45, 7) is 2.91. The van der Waals surface area contributed by atoms with E-state index in [4.69, 9.17) is 0 Å². The second-order valence-electron chi connectivity index (χ2n) is 5.48. The van der Waals surface area contributed by atoms with Gasteiger partial charge in [0.1, 0.15) is 0 Å². The predicted octanol–water partition coefficient (Wildman–Crippen LogP) is 3.26. The average molecular weight is 376 g/mol. The first-order valence-corrected chi connectivity index (χ1v) is 8.15. The van der Waals surface area contributed by atoms with E-state index in [1.807, 2.05) is 36.2 Å². The molecule has 0 bridgehead atoms. The smallest absolute Gasteiger partial charge is 0.227 e. The van der Waals surface area contributed by atoms with E-state index >= 15 is 0 Å². The first kappa shape index (κ1) is 18.5. The number of halogens is 2. The Morgan fingerprint density at radius 2 is 2.00 bits per heavy atom. The number of carbonyl (C=O) groups excluding carboxylic acids is 1. The molecule has 0 saturated carbocycles. The van der Waals surface area contributed by atoms with E-state index < -0.39 is 0 Å². The van der Waals surface area contributed by atoms with E-state index in [9.17, 15) is 4.79 Å². The third-order valence-electron chi connectivity index (χ3n) is 4.07. The van der Waals surface area contributed by atoms with Crippen LogP contribution in [0.4, 0.5) is 0 Å². The van der Waals surface area contributed by atoms with Gasteiger partial charge in [-0.1, -0.05) is 34.1 Å². The normalized spacial score (nSPS) is 15.6. The van der Waals surface area contributed by atoms with Gasteiger partial charge in [0.05, 0.1) is 6.42 Å². The predicted molar refractivity (Wildman–Crippen MR) is 92.9 cm³/mol. The lowest BCUT2D eigenvalue weighted by molar-refractivity contribution is -0.131. The zero-order chi connectivity index (χ0) is 14.4. The molecule has 1 aromatic rings. The molecule has 3 nitrogen and oxygen atoms in total. The maximum Gasteiger partial charge on any atom is 0.227 e. The minimum absolute atomic E-state index is 0. The van der Waals surface area contributed by atoms with Gasteiger partial charge in [-0.15, -0.1) is 12.4 Å². The SMILES string of the molecule is CNCCC1CCN(C(=O)Cc2ccccc2Br)CC1.Cl. The van der Waals surface area contributed by atoms with Crippen LogP contribution in [0.1, 0.15) is 24.8 Å². The fraction of sp³-hybridized carbons (Fsp3) is 0.562. The Kier molecular flexibility index (Phi) is 8.30. The molecule has 0 atom stereocenters. The van der Waals surface area contributed by atoms with Crippen LogP contribution >= 0.6 is 28.3 Å². The topological polar surface area (TPSA) is 32.3 Å². The standard InChI is InChI=1S/C16H23BrN2O.ClH/c1-18-9-6-13-7-10-19(11-8-13)16(20)12-14-4-2-3-5-15(14)17;/h2-5,13,18H,6-12H2,1H3;1H.